The Morgan fingerprint density at radius 1 is 1.02 bits per heavy atom. The number of aliphatic hydroxyl groups excluding tert-OH is 2. The third kappa shape index (κ3) is 5.80. The van der Waals surface area contributed by atoms with Crippen LogP contribution in [0.15, 0.2) is 66.4 Å². The summed E-state index contributed by atoms with van der Waals surface area (Å²) in [7, 11) is -9.89. The summed E-state index contributed by atoms with van der Waals surface area (Å²) in [5.74, 6) is 0.527. The molecule has 1 fully saturated rings. The minimum Gasteiger partial charge on any atom is -0.466 e. The van der Waals surface area contributed by atoms with Crippen molar-refractivity contribution in [2.24, 2.45) is 0 Å². The molecule has 2 amide bonds. The number of aliphatic hydroxyl groups is 2. The zero-order valence-corrected chi connectivity index (χ0v) is 23.1. The van der Waals surface area contributed by atoms with E-state index in [1.165, 1.54) is 18.3 Å². The number of nitrogens with zero attached hydrogens (tertiary/aromatic N) is 1. The Bertz CT molecular complexity index is 1460. The van der Waals surface area contributed by atoms with Gasteiger partial charge in [-0.25, -0.2) is 13.7 Å². The SMILES string of the molecule is Cc1ccc(P(=O)(O)OP(=O)(O)OC[C@H]2O[C@@H](N3C=C4C=C(c5ccccc5)OC4NC3=O)C(O)[C@H]2O)cc1C. The second kappa shape index (κ2) is 10.9. The predicted octanol–water partition coefficient (Wildman–Crippen LogP) is 2.00. The van der Waals surface area contributed by atoms with Crippen LogP contribution in [-0.2, 0) is 27.4 Å². The standard InChI is InChI=1S/C25H28N2O11P2/c1-14-8-9-18(10-15(14)2)39(31,32)38-40(33,34)35-13-20-21(28)22(29)24(37-20)27-12-17-11-19(16-6-4-3-5-7-16)36-23(17)26-25(27)30/h3-12,20-24,28-29H,13H2,1-2H3,(H,26,30)(H,31,32)(H,33,34)/t20-,21+,22?,23?,24-/m1/s1. The fourth-order valence-corrected chi connectivity index (χ4v) is 7.04. The number of hydrogen-bond donors (Lipinski definition) is 5. The summed E-state index contributed by atoms with van der Waals surface area (Å²) in [5.41, 5.74) is 2.87. The minimum atomic E-state index is -5.14. The normalized spacial score (nSPS) is 29.0. The number of hydrogen-bond acceptors (Lipinski definition) is 9. The number of phosphoric ester groups is 1. The fraction of sp³-hybridized carbons (Fsp3) is 0.320. The summed E-state index contributed by atoms with van der Waals surface area (Å²) in [6, 6.07) is 12.8. The van der Waals surface area contributed by atoms with E-state index >= 15 is 0 Å². The molecule has 5 rings (SSSR count). The Morgan fingerprint density at radius 2 is 1.75 bits per heavy atom. The van der Waals surface area contributed by atoms with Crippen LogP contribution in [0.3, 0.4) is 0 Å². The number of rotatable bonds is 8. The topological polar surface area (TPSA) is 184 Å². The fourth-order valence-electron chi connectivity index (χ4n) is 4.40. The molecule has 1 saturated heterocycles. The lowest BCUT2D eigenvalue weighted by Crippen LogP contribution is -2.54. The Hall–Kier alpha value is -2.83. The molecule has 0 saturated carbocycles. The molecule has 13 nitrogen and oxygen atoms in total. The number of nitrogens with one attached hydrogen (secondary N) is 1. The van der Waals surface area contributed by atoms with Gasteiger partial charge in [-0.15, -0.1) is 0 Å². The van der Waals surface area contributed by atoms with E-state index in [4.69, 9.17) is 14.0 Å². The van der Waals surface area contributed by atoms with Crippen LogP contribution < -0.4 is 10.6 Å². The van der Waals surface area contributed by atoms with Crippen molar-refractivity contribution in [2.45, 2.75) is 44.6 Å². The number of fused-ring (bicyclic) bond motifs is 1. The zero-order valence-electron chi connectivity index (χ0n) is 21.4. The molecule has 3 heterocycles. The molecule has 2 aromatic carbocycles. The molecule has 7 atom stereocenters. The van der Waals surface area contributed by atoms with Crippen molar-refractivity contribution in [3.8, 4) is 0 Å². The van der Waals surface area contributed by atoms with Crippen LogP contribution in [-0.4, -0.2) is 68.3 Å². The summed E-state index contributed by atoms with van der Waals surface area (Å²) in [4.78, 5) is 34.2. The molecule has 5 N–H and O–H groups in total. The van der Waals surface area contributed by atoms with Crippen LogP contribution in [0.25, 0.3) is 5.76 Å². The van der Waals surface area contributed by atoms with Crippen molar-refractivity contribution in [3.63, 3.8) is 0 Å². The first-order valence-corrected chi connectivity index (χ1v) is 15.3. The number of carbonyl (C=O) groups excluding carboxylic acids is 1. The van der Waals surface area contributed by atoms with Gasteiger partial charge in [-0.3, -0.25) is 19.3 Å². The van der Waals surface area contributed by atoms with Gasteiger partial charge < -0.3 is 29.5 Å². The smallest absolute Gasteiger partial charge is 0.466 e. The van der Waals surface area contributed by atoms with Crippen LogP contribution in [0, 0.1) is 13.8 Å². The van der Waals surface area contributed by atoms with Gasteiger partial charge in [0.15, 0.2) is 6.23 Å². The third-order valence-corrected chi connectivity index (χ3v) is 9.84. The number of amides is 2. The van der Waals surface area contributed by atoms with E-state index in [1.807, 2.05) is 30.3 Å². The summed E-state index contributed by atoms with van der Waals surface area (Å²) in [6.07, 6.45) is -3.66. The number of ether oxygens (including phenoxy) is 2. The predicted molar refractivity (Wildman–Crippen MR) is 141 cm³/mol. The van der Waals surface area contributed by atoms with Gasteiger partial charge in [0.2, 0.25) is 6.23 Å². The Morgan fingerprint density at radius 3 is 2.45 bits per heavy atom. The summed E-state index contributed by atoms with van der Waals surface area (Å²) in [5, 5.41) is 23.5. The van der Waals surface area contributed by atoms with Gasteiger partial charge in [0.1, 0.15) is 24.1 Å². The van der Waals surface area contributed by atoms with Crippen molar-refractivity contribution in [2.75, 3.05) is 6.61 Å². The molecule has 214 valence electrons. The van der Waals surface area contributed by atoms with E-state index in [9.17, 15) is 33.9 Å². The minimum absolute atomic E-state index is 0.205. The van der Waals surface area contributed by atoms with E-state index in [2.05, 4.69) is 9.63 Å². The van der Waals surface area contributed by atoms with Crippen LogP contribution in [0.1, 0.15) is 16.7 Å². The quantitative estimate of drug-likeness (QED) is 0.282. The van der Waals surface area contributed by atoms with Gasteiger partial charge >= 0.3 is 21.4 Å². The number of phosphoric acid groups is 1. The molecular weight excluding hydrogens is 566 g/mol. The average Bonchev–Trinajstić information content (AvgIpc) is 3.44. The third-order valence-electron chi connectivity index (χ3n) is 6.72. The molecule has 0 spiro atoms. The maximum atomic E-state index is 12.8. The lowest BCUT2D eigenvalue weighted by atomic mass is 10.1. The zero-order chi connectivity index (χ0) is 28.8. The van der Waals surface area contributed by atoms with Gasteiger partial charge in [-0.1, -0.05) is 36.4 Å². The number of urea groups is 1. The first-order chi connectivity index (χ1) is 18.8. The van der Waals surface area contributed by atoms with E-state index in [0.29, 0.717) is 16.9 Å². The second-order valence-electron chi connectivity index (χ2n) is 9.54. The molecule has 0 radical (unpaired) electrons. The van der Waals surface area contributed by atoms with Gasteiger partial charge in [0.05, 0.1) is 11.9 Å². The number of carbonyl (C=O) groups is 1. The largest absolute Gasteiger partial charge is 0.479 e. The van der Waals surface area contributed by atoms with Crippen molar-refractivity contribution in [1.29, 1.82) is 0 Å². The lowest BCUT2D eigenvalue weighted by Gasteiger charge is -2.33. The molecule has 0 aliphatic carbocycles. The molecule has 0 aromatic heterocycles. The lowest BCUT2D eigenvalue weighted by molar-refractivity contribution is -0.0670. The first-order valence-electron chi connectivity index (χ1n) is 12.2. The van der Waals surface area contributed by atoms with Crippen LogP contribution in [0.4, 0.5) is 4.79 Å². The van der Waals surface area contributed by atoms with Gasteiger partial charge in [0, 0.05) is 17.3 Å². The van der Waals surface area contributed by atoms with E-state index in [1.54, 1.807) is 26.0 Å². The molecule has 3 aliphatic rings. The van der Waals surface area contributed by atoms with E-state index in [0.717, 1.165) is 16.0 Å². The Labute approximate surface area is 229 Å². The molecule has 40 heavy (non-hydrogen) atoms. The summed E-state index contributed by atoms with van der Waals surface area (Å²) >= 11 is 0. The molecule has 3 aliphatic heterocycles. The van der Waals surface area contributed by atoms with Gasteiger partial charge in [-0.05, 0) is 43.2 Å². The summed E-state index contributed by atoms with van der Waals surface area (Å²) in [6.45, 7) is 2.69. The van der Waals surface area contributed by atoms with Crippen LogP contribution in [0.2, 0.25) is 0 Å². The van der Waals surface area contributed by atoms with Crippen molar-refractivity contribution >= 4 is 32.5 Å². The van der Waals surface area contributed by atoms with Gasteiger partial charge in [0.25, 0.3) is 0 Å². The Kier molecular flexibility index (Phi) is 7.79. The molecule has 15 heteroatoms. The maximum absolute atomic E-state index is 12.8. The van der Waals surface area contributed by atoms with Crippen molar-refractivity contribution < 1.29 is 52.2 Å². The Balaban J connectivity index is 1.25. The highest BCUT2D eigenvalue weighted by Crippen LogP contribution is 2.59. The van der Waals surface area contributed by atoms with E-state index < -0.39 is 58.8 Å². The molecule has 2 aromatic rings. The highest BCUT2D eigenvalue weighted by Gasteiger charge is 2.49. The average molecular weight is 594 g/mol. The van der Waals surface area contributed by atoms with Crippen molar-refractivity contribution in [1.82, 2.24) is 10.2 Å². The number of aryl methyl sites for hydroxylation is 2. The number of benzene rings is 2. The maximum Gasteiger partial charge on any atom is 0.479 e. The molecular formula is C25H28N2O11P2. The first kappa shape index (κ1) is 28.7. The van der Waals surface area contributed by atoms with Crippen LogP contribution >= 0.6 is 15.4 Å². The van der Waals surface area contributed by atoms with Crippen LogP contribution in [0.5, 0.6) is 0 Å². The highest BCUT2D eigenvalue weighted by atomic mass is 31.3. The highest BCUT2D eigenvalue weighted by molar-refractivity contribution is 7.69. The monoisotopic (exact) mass is 594 g/mol. The van der Waals surface area contributed by atoms with E-state index in [-0.39, 0.29) is 5.30 Å². The van der Waals surface area contributed by atoms with Gasteiger partial charge in [-0.2, -0.15) is 0 Å². The molecule has 0 bridgehead atoms. The summed E-state index contributed by atoms with van der Waals surface area (Å²) < 4.78 is 45.9. The van der Waals surface area contributed by atoms with Crippen molar-refractivity contribution in [3.05, 3.63) is 83.1 Å². The second-order valence-corrected chi connectivity index (χ2v) is 12.9. The molecule has 4 unspecified atom stereocenters.